The van der Waals surface area contributed by atoms with Crippen LogP contribution in [0, 0.1) is 5.92 Å². The Morgan fingerprint density at radius 2 is 2.05 bits per heavy atom. The van der Waals surface area contributed by atoms with E-state index in [0.717, 1.165) is 25.8 Å². The molecule has 1 aromatic carbocycles. The van der Waals surface area contributed by atoms with E-state index >= 15 is 0 Å². The first kappa shape index (κ1) is 13.0. The van der Waals surface area contributed by atoms with E-state index in [1.54, 1.807) is 0 Å². The maximum Gasteiger partial charge on any atom is 0.233 e. The number of rotatable bonds is 3. The van der Waals surface area contributed by atoms with E-state index in [9.17, 15) is 4.79 Å². The first-order valence-electron chi connectivity index (χ1n) is 7.11. The fraction of sp³-hybridized carbons (Fsp3) is 0.562. The molecule has 1 aromatic rings. The third-order valence-electron chi connectivity index (χ3n) is 4.79. The van der Waals surface area contributed by atoms with Crippen molar-refractivity contribution >= 4 is 17.5 Å². The Balaban J connectivity index is 1.85. The lowest BCUT2D eigenvalue weighted by atomic mass is 9.94. The van der Waals surface area contributed by atoms with Gasteiger partial charge in [-0.1, -0.05) is 37.3 Å². The number of halogens is 1. The molecular weight excluding hydrogens is 258 g/mol. The molecule has 0 N–H and O–H groups in total. The molecule has 1 amide bonds. The number of hydrogen-bond donors (Lipinski definition) is 0. The highest BCUT2D eigenvalue weighted by Gasteiger charge is 2.54. The molecule has 2 fully saturated rings. The van der Waals surface area contributed by atoms with Gasteiger partial charge < -0.3 is 4.90 Å². The summed E-state index contributed by atoms with van der Waals surface area (Å²) in [6, 6.07) is 10.4. The van der Waals surface area contributed by atoms with Gasteiger partial charge in [-0.15, -0.1) is 11.6 Å². The fourth-order valence-corrected chi connectivity index (χ4v) is 3.75. The van der Waals surface area contributed by atoms with Crippen molar-refractivity contribution in [3.63, 3.8) is 0 Å². The lowest BCUT2D eigenvalue weighted by Gasteiger charge is -2.29. The first-order chi connectivity index (χ1) is 9.19. The third-order valence-corrected chi connectivity index (χ3v) is 5.10. The molecule has 0 bridgehead atoms. The first-order valence-corrected chi connectivity index (χ1v) is 7.65. The summed E-state index contributed by atoms with van der Waals surface area (Å²) in [6.45, 7) is 3.06. The van der Waals surface area contributed by atoms with Gasteiger partial charge in [0, 0.05) is 18.5 Å². The molecular formula is C16H20ClNO. The van der Waals surface area contributed by atoms with E-state index in [-0.39, 0.29) is 11.5 Å². The van der Waals surface area contributed by atoms with Crippen LogP contribution in [0.1, 0.15) is 31.7 Å². The van der Waals surface area contributed by atoms with Crippen LogP contribution in [0.2, 0.25) is 0 Å². The normalized spacial score (nSPS) is 28.4. The van der Waals surface area contributed by atoms with Crippen LogP contribution in [-0.4, -0.2) is 29.3 Å². The maximum atomic E-state index is 12.9. The van der Waals surface area contributed by atoms with Crippen LogP contribution < -0.4 is 0 Å². The smallest absolute Gasteiger partial charge is 0.233 e. The minimum atomic E-state index is -0.240. The molecule has 2 atom stereocenters. The van der Waals surface area contributed by atoms with Gasteiger partial charge in [0.25, 0.3) is 0 Å². The minimum absolute atomic E-state index is 0.218. The van der Waals surface area contributed by atoms with E-state index in [2.05, 4.69) is 19.1 Å². The zero-order chi connectivity index (χ0) is 13.5. The van der Waals surface area contributed by atoms with Gasteiger partial charge in [-0.05, 0) is 30.7 Å². The SMILES string of the molecule is CC1CCN(C(=O)C2(c3ccccc3)CC2)C1CCl. The number of likely N-dealkylation sites (tertiary alicyclic amines) is 1. The number of benzene rings is 1. The van der Waals surface area contributed by atoms with Crippen molar-refractivity contribution in [3.8, 4) is 0 Å². The molecule has 1 aliphatic heterocycles. The molecule has 2 aliphatic rings. The summed E-state index contributed by atoms with van der Waals surface area (Å²) in [4.78, 5) is 15.0. The molecule has 1 saturated heterocycles. The molecule has 1 aliphatic carbocycles. The molecule has 0 spiro atoms. The largest absolute Gasteiger partial charge is 0.337 e. The standard InChI is InChI=1S/C16H20ClNO/c1-12-7-10-18(14(12)11-17)15(19)16(8-9-16)13-5-3-2-4-6-13/h2-6,12,14H,7-11H2,1H3. The molecule has 2 nitrogen and oxygen atoms in total. The quantitative estimate of drug-likeness (QED) is 0.777. The summed E-state index contributed by atoms with van der Waals surface area (Å²) in [5.74, 6) is 1.37. The summed E-state index contributed by atoms with van der Waals surface area (Å²) in [5, 5.41) is 0. The van der Waals surface area contributed by atoms with Crippen LogP contribution in [0.15, 0.2) is 30.3 Å². The molecule has 1 heterocycles. The summed E-state index contributed by atoms with van der Waals surface area (Å²) in [7, 11) is 0. The minimum Gasteiger partial charge on any atom is -0.337 e. The molecule has 1 saturated carbocycles. The predicted octanol–water partition coefficient (Wildman–Crippen LogP) is 3.19. The Morgan fingerprint density at radius 3 is 2.63 bits per heavy atom. The number of nitrogens with zero attached hydrogens (tertiary/aromatic N) is 1. The number of carbonyl (C=O) groups excluding carboxylic acids is 1. The van der Waals surface area contributed by atoms with Crippen LogP contribution in [-0.2, 0) is 10.2 Å². The van der Waals surface area contributed by atoms with E-state index in [4.69, 9.17) is 11.6 Å². The van der Waals surface area contributed by atoms with E-state index in [0.29, 0.717) is 17.7 Å². The topological polar surface area (TPSA) is 20.3 Å². The summed E-state index contributed by atoms with van der Waals surface area (Å²) in [6.07, 6.45) is 3.04. The number of alkyl halides is 1. The predicted molar refractivity (Wildman–Crippen MR) is 77.4 cm³/mol. The fourth-order valence-electron chi connectivity index (χ4n) is 3.28. The van der Waals surface area contributed by atoms with E-state index in [1.807, 2.05) is 23.1 Å². The van der Waals surface area contributed by atoms with Gasteiger partial charge in [0.15, 0.2) is 0 Å². The zero-order valence-corrected chi connectivity index (χ0v) is 12.1. The van der Waals surface area contributed by atoms with Gasteiger partial charge in [0.2, 0.25) is 5.91 Å². The van der Waals surface area contributed by atoms with Crippen LogP contribution in [0.4, 0.5) is 0 Å². The van der Waals surface area contributed by atoms with Gasteiger partial charge in [0.05, 0.1) is 5.41 Å². The Kier molecular flexibility index (Phi) is 3.30. The average Bonchev–Trinajstić information content (AvgIpc) is 3.17. The maximum absolute atomic E-state index is 12.9. The molecule has 0 aromatic heterocycles. The Morgan fingerprint density at radius 1 is 1.37 bits per heavy atom. The molecule has 3 rings (SSSR count). The average molecular weight is 278 g/mol. The second-order valence-corrected chi connectivity index (χ2v) is 6.24. The Hall–Kier alpha value is -1.02. The van der Waals surface area contributed by atoms with Crippen molar-refractivity contribution in [3.05, 3.63) is 35.9 Å². The van der Waals surface area contributed by atoms with E-state index < -0.39 is 0 Å². The van der Waals surface area contributed by atoms with Crippen LogP contribution in [0.25, 0.3) is 0 Å². The second-order valence-electron chi connectivity index (χ2n) is 5.93. The van der Waals surface area contributed by atoms with Gasteiger partial charge in [-0.25, -0.2) is 0 Å². The number of hydrogen-bond acceptors (Lipinski definition) is 1. The molecule has 0 radical (unpaired) electrons. The number of amides is 1. The lowest BCUT2D eigenvalue weighted by molar-refractivity contribution is -0.134. The van der Waals surface area contributed by atoms with Gasteiger partial charge in [-0.2, -0.15) is 0 Å². The zero-order valence-electron chi connectivity index (χ0n) is 11.3. The molecule has 2 unspecified atom stereocenters. The van der Waals surface area contributed by atoms with Crippen molar-refractivity contribution in [2.45, 2.75) is 37.6 Å². The summed E-state index contributed by atoms with van der Waals surface area (Å²) < 4.78 is 0. The Bertz CT molecular complexity index is 469. The highest BCUT2D eigenvalue weighted by Crippen LogP contribution is 2.50. The molecule has 3 heteroatoms. The van der Waals surface area contributed by atoms with Gasteiger partial charge >= 0.3 is 0 Å². The van der Waals surface area contributed by atoms with Crippen molar-refractivity contribution in [2.24, 2.45) is 5.92 Å². The van der Waals surface area contributed by atoms with Gasteiger partial charge in [-0.3, -0.25) is 4.79 Å². The second kappa shape index (κ2) is 4.82. The van der Waals surface area contributed by atoms with Crippen molar-refractivity contribution in [2.75, 3.05) is 12.4 Å². The summed E-state index contributed by atoms with van der Waals surface area (Å²) >= 11 is 6.06. The number of carbonyl (C=O) groups is 1. The van der Waals surface area contributed by atoms with Crippen LogP contribution in [0.3, 0.4) is 0 Å². The molecule has 102 valence electrons. The van der Waals surface area contributed by atoms with Crippen LogP contribution in [0.5, 0.6) is 0 Å². The van der Waals surface area contributed by atoms with Crippen molar-refractivity contribution < 1.29 is 4.79 Å². The monoisotopic (exact) mass is 277 g/mol. The molecule has 19 heavy (non-hydrogen) atoms. The van der Waals surface area contributed by atoms with Crippen LogP contribution >= 0.6 is 11.6 Å². The highest BCUT2D eigenvalue weighted by molar-refractivity contribution is 6.18. The lowest BCUT2D eigenvalue weighted by Crippen LogP contribution is -2.44. The van der Waals surface area contributed by atoms with Crippen molar-refractivity contribution in [1.29, 1.82) is 0 Å². The van der Waals surface area contributed by atoms with Gasteiger partial charge in [0.1, 0.15) is 0 Å². The third kappa shape index (κ3) is 2.06. The highest BCUT2D eigenvalue weighted by atomic mass is 35.5. The van der Waals surface area contributed by atoms with Crippen molar-refractivity contribution in [1.82, 2.24) is 4.90 Å². The Labute approximate surface area is 119 Å². The van der Waals surface area contributed by atoms with E-state index in [1.165, 1.54) is 5.56 Å². The summed E-state index contributed by atoms with van der Waals surface area (Å²) in [5.41, 5.74) is 0.934.